The van der Waals surface area contributed by atoms with Gasteiger partial charge in [-0.1, -0.05) is 0 Å². The molecule has 1 aromatic carbocycles. The first-order chi connectivity index (χ1) is 9.15. The molecule has 1 aromatic heterocycles. The maximum Gasteiger partial charge on any atom is 0.316 e. The van der Waals surface area contributed by atoms with Gasteiger partial charge in [0.15, 0.2) is 0 Å². The summed E-state index contributed by atoms with van der Waals surface area (Å²) < 4.78 is 0. The Morgan fingerprint density at radius 1 is 1.00 bits per heavy atom. The first-order valence-corrected chi connectivity index (χ1v) is 5.53. The Morgan fingerprint density at radius 3 is 2.32 bits per heavy atom. The first kappa shape index (κ1) is 12.6. The molecular formula is C13H12N4O2. The minimum Gasteiger partial charge on any atom is -0.351 e. The summed E-state index contributed by atoms with van der Waals surface area (Å²) >= 11 is 0. The van der Waals surface area contributed by atoms with Crippen LogP contribution in [0.15, 0.2) is 48.8 Å². The Morgan fingerprint density at radius 2 is 1.74 bits per heavy atom. The molecule has 2 aromatic rings. The minimum absolute atomic E-state index is 0.251. The van der Waals surface area contributed by atoms with Crippen LogP contribution in [0.25, 0.3) is 0 Å². The predicted molar refractivity (Wildman–Crippen MR) is 71.8 cm³/mol. The molecule has 0 fully saturated rings. The number of hydrogen-bond acceptors (Lipinski definition) is 3. The van der Waals surface area contributed by atoms with Gasteiger partial charge in [0.05, 0.1) is 11.9 Å². The summed E-state index contributed by atoms with van der Waals surface area (Å²) in [5, 5.41) is 5.12. The Kier molecular flexibility index (Phi) is 3.72. The number of nitrogens with two attached hydrogens (primary N) is 1. The zero-order valence-electron chi connectivity index (χ0n) is 9.96. The number of carbonyl (C=O) groups excluding carboxylic acids is 2. The maximum absolute atomic E-state index is 11.9. The SMILES string of the molecule is NC(=O)Nc1ccc(C(=O)Nc2cccnc2)cc1. The third-order valence-corrected chi connectivity index (χ3v) is 2.33. The fourth-order valence-corrected chi connectivity index (χ4v) is 1.49. The first-order valence-electron chi connectivity index (χ1n) is 5.53. The Hall–Kier alpha value is -2.89. The summed E-state index contributed by atoms with van der Waals surface area (Å²) in [4.78, 5) is 26.5. The average Bonchev–Trinajstić information content (AvgIpc) is 2.40. The van der Waals surface area contributed by atoms with Crippen LogP contribution < -0.4 is 16.4 Å². The number of aromatic nitrogens is 1. The number of benzene rings is 1. The monoisotopic (exact) mass is 256 g/mol. The molecule has 19 heavy (non-hydrogen) atoms. The van der Waals surface area contributed by atoms with Gasteiger partial charge in [0, 0.05) is 17.4 Å². The Bertz CT molecular complexity index is 581. The summed E-state index contributed by atoms with van der Waals surface area (Å²) in [6.07, 6.45) is 3.18. The number of hydrogen-bond donors (Lipinski definition) is 3. The van der Waals surface area contributed by atoms with Crippen molar-refractivity contribution in [2.75, 3.05) is 10.6 Å². The summed E-state index contributed by atoms with van der Waals surface area (Å²) in [7, 11) is 0. The molecule has 6 heteroatoms. The lowest BCUT2D eigenvalue weighted by molar-refractivity contribution is 0.102. The summed E-state index contributed by atoms with van der Waals surface area (Å²) in [6, 6.07) is 9.22. The number of pyridine rings is 1. The van der Waals surface area contributed by atoms with Gasteiger partial charge in [0.1, 0.15) is 0 Å². The molecule has 3 amide bonds. The van der Waals surface area contributed by atoms with Crippen LogP contribution in [-0.2, 0) is 0 Å². The number of anilines is 2. The molecule has 0 saturated heterocycles. The Balaban J connectivity index is 2.05. The van der Waals surface area contributed by atoms with Crippen LogP contribution in [0.1, 0.15) is 10.4 Å². The van der Waals surface area contributed by atoms with E-state index >= 15 is 0 Å². The molecular weight excluding hydrogens is 244 g/mol. The molecule has 0 aliphatic heterocycles. The van der Waals surface area contributed by atoms with Crippen molar-refractivity contribution in [2.45, 2.75) is 0 Å². The number of primary amides is 1. The highest BCUT2D eigenvalue weighted by atomic mass is 16.2. The van der Waals surface area contributed by atoms with Crippen LogP contribution >= 0.6 is 0 Å². The van der Waals surface area contributed by atoms with E-state index in [0.717, 1.165) is 0 Å². The van der Waals surface area contributed by atoms with E-state index in [1.54, 1.807) is 48.8 Å². The lowest BCUT2D eigenvalue weighted by Crippen LogP contribution is -2.19. The second-order valence-corrected chi connectivity index (χ2v) is 3.76. The highest BCUT2D eigenvalue weighted by Crippen LogP contribution is 2.11. The number of nitrogens with one attached hydrogen (secondary N) is 2. The molecule has 1 heterocycles. The molecule has 0 unspecified atom stereocenters. The molecule has 0 bridgehead atoms. The molecule has 0 aliphatic carbocycles. The normalized spacial score (nSPS) is 9.68. The van der Waals surface area contributed by atoms with E-state index in [9.17, 15) is 9.59 Å². The van der Waals surface area contributed by atoms with E-state index in [4.69, 9.17) is 5.73 Å². The van der Waals surface area contributed by atoms with Crippen molar-refractivity contribution in [3.05, 3.63) is 54.4 Å². The van der Waals surface area contributed by atoms with Gasteiger partial charge < -0.3 is 16.4 Å². The van der Waals surface area contributed by atoms with E-state index in [1.807, 2.05) is 0 Å². The predicted octanol–water partition coefficient (Wildman–Crippen LogP) is 1.82. The zero-order valence-corrected chi connectivity index (χ0v) is 9.96. The van der Waals surface area contributed by atoms with E-state index in [0.29, 0.717) is 16.9 Å². The van der Waals surface area contributed by atoms with Crippen molar-refractivity contribution in [1.29, 1.82) is 0 Å². The fourth-order valence-electron chi connectivity index (χ4n) is 1.49. The Labute approximate surface area is 109 Å². The third-order valence-electron chi connectivity index (χ3n) is 2.33. The van der Waals surface area contributed by atoms with Gasteiger partial charge in [-0.05, 0) is 36.4 Å². The standard InChI is InChI=1S/C13H12N4O2/c14-13(19)17-10-5-3-9(4-6-10)12(18)16-11-2-1-7-15-8-11/h1-8H,(H,16,18)(H3,14,17,19). The fraction of sp³-hybridized carbons (Fsp3) is 0. The van der Waals surface area contributed by atoms with Crippen molar-refractivity contribution in [3.63, 3.8) is 0 Å². The van der Waals surface area contributed by atoms with Crippen LogP contribution in [0.5, 0.6) is 0 Å². The maximum atomic E-state index is 11.9. The second kappa shape index (κ2) is 5.63. The van der Waals surface area contributed by atoms with Crippen molar-refractivity contribution in [2.24, 2.45) is 5.73 Å². The van der Waals surface area contributed by atoms with Crippen molar-refractivity contribution >= 4 is 23.3 Å². The van der Waals surface area contributed by atoms with Gasteiger partial charge in [0.25, 0.3) is 5.91 Å². The quantitative estimate of drug-likeness (QED) is 0.781. The van der Waals surface area contributed by atoms with Gasteiger partial charge >= 0.3 is 6.03 Å². The van der Waals surface area contributed by atoms with Crippen molar-refractivity contribution in [3.8, 4) is 0 Å². The van der Waals surface area contributed by atoms with E-state index in [2.05, 4.69) is 15.6 Å². The highest BCUT2D eigenvalue weighted by molar-refractivity contribution is 6.04. The molecule has 6 nitrogen and oxygen atoms in total. The molecule has 4 N–H and O–H groups in total. The van der Waals surface area contributed by atoms with E-state index < -0.39 is 6.03 Å². The number of carbonyl (C=O) groups is 2. The van der Waals surface area contributed by atoms with Gasteiger partial charge in [-0.25, -0.2) is 4.79 Å². The van der Waals surface area contributed by atoms with Gasteiger partial charge in [0.2, 0.25) is 0 Å². The number of rotatable bonds is 3. The smallest absolute Gasteiger partial charge is 0.316 e. The molecule has 0 aliphatic rings. The van der Waals surface area contributed by atoms with Crippen molar-refractivity contribution in [1.82, 2.24) is 4.98 Å². The third kappa shape index (κ3) is 3.53. The molecule has 2 rings (SSSR count). The molecule has 0 radical (unpaired) electrons. The summed E-state index contributed by atoms with van der Waals surface area (Å²) in [5.41, 5.74) is 6.61. The van der Waals surface area contributed by atoms with E-state index in [1.165, 1.54) is 0 Å². The van der Waals surface area contributed by atoms with Crippen LogP contribution in [-0.4, -0.2) is 16.9 Å². The minimum atomic E-state index is -0.646. The summed E-state index contributed by atoms with van der Waals surface area (Å²) in [6.45, 7) is 0. The van der Waals surface area contributed by atoms with Crippen LogP contribution in [0.2, 0.25) is 0 Å². The van der Waals surface area contributed by atoms with Gasteiger partial charge in [-0.3, -0.25) is 9.78 Å². The largest absolute Gasteiger partial charge is 0.351 e. The van der Waals surface area contributed by atoms with Crippen LogP contribution in [0.3, 0.4) is 0 Å². The summed E-state index contributed by atoms with van der Waals surface area (Å²) in [5.74, 6) is -0.251. The van der Waals surface area contributed by atoms with Gasteiger partial charge in [-0.15, -0.1) is 0 Å². The average molecular weight is 256 g/mol. The van der Waals surface area contributed by atoms with E-state index in [-0.39, 0.29) is 5.91 Å². The topological polar surface area (TPSA) is 97.1 Å². The van der Waals surface area contributed by atoms with Crippen LogP contribution in [0, 0.1) is 0 Å². The lowest BCUT2D eigenvalue weighted by atomic mass is 10.2. The number of urea groups is 1. The van der Waals surface area contributed by atoms with Gasteiger partial charge in [-0.2, -0.15) is 0 Å². The molecule has 0 saturated carbocycles. The van der Waals surface area contributed by atoms with Crippen molar-refractivity contribution < 1.29 is 9.59 Å². The zero-order chi connectivity index (χ0) is 13.7. The molecule has 96 valence electrons. The second-order valence-electron chi connectivity index (χ2n) is 3.76. The molecule has 0 atom stereocenters. The van der Waals surface area contributed by atoms with Crippen LogP contribution in [0.4, 0.5) is 16.2 Å². The molecule has 0 spiro atoms. The number of nitrogens with zero attached hydrogens (tertiary/aromatic N) is 1. The lowest BCUT2D eigenvalue weighted by Gasteiger charge is -2.06. The highest BCUT2D eigenvalue weighted by Gasteiger charge is 2.06. The number of amides is 3.